The van der Waals surface area contributed by atoms with Gasteiger partial charge < -0.3 is 15.4 Å². The maximum Gasteiger partial charge on any atom is 0.283 e. The number of benzene rings is 2. The lowest BCUT2D eigenvalue weighted by atomic mass is 10.3. The van der Waals surface area contributed by atoms with Crippen LogP contribution in [0.4, 0.5) is 11.4 Å². The van der Waals surface area contributed by atoms with Crippen molar-refractivity contribution in [3.63, 3.8) is 0 Å². The van der Waals surface area contributed by atoms with Gasteiger partial charge >= 0.3 is 0 Å². The molecule has 2 N–H and O–H groups in total. The van der Waals surface area contributed by atoms with Crippen LogP contribution in [-0.4, -0.2) is 18.0 Å². The van der Waals surface area contributed by atoms with E-state index < -0.39 is 0 Å². The molecule has 0 fully saturated rings. The average molecular weight is 365 g/mol. The molecule has 1 amide bonds. The molecule has 0 spiro atoms. The average Bonchev–Trinajstić information content (AvgIpc) is 2.49. The lowest BCUT2D eigenvalue weighted by molar-refractivity contribution is -0.110. The summed E-state index contributed by atoms with van der Waals surface area (Å²) >= 11 is 8.43. The predicted octanol–water partition coefficient (Wildman–Crippen LogP) is 3.84. The zero-order valence-corrected chi connectivity index (χ0v) is 13.6. The first-order valence-electron chi connectivity index (χ1n) is 6.10. The van der Waals surface area contributed by atoms with Gasteiger partial charge in [0.2, 0.25) is 0 Å². The normalized spacial score (nSPS) is 9.81. The molecule has 0 saturated heterocycles. The molecule has 0 aliphatic carbocycles. The molecule has 0 atom stereocenters. The molecule has 0 radical (unpaired) electrons. The first-order valence-corrected chi connectivity index (χ1v) is 7.30. The molecule has 108 valence electrons. The van der Waals surface area contributed by atoms with Crippen molar-refractivity contribution in [2.45, 2.75) is 0 Å². The summed E-state index contributed by atoms with van der Waals surface area (Å²) in [5.74, 6) is 0.325. The number of rotatable bonds is 3. The number of methoxy groups -OCH3 is 1. The smallest absolute Gasteiger partial charge is 0.283 e. The van der Waals surface area contributed by atoms with Crippen LogP contribution < -0.4 is 15.4 Å². The molecule has 2 aromatic rings. The van der Waals surface area contributed by atoms with Gasteiger partial charge in [0, 0.05) is 21.9 Å². The van der Waals surface area contributed by atoms with Crippen LogP contribution in [-0.2, 0) is 4.79 Å². The highest BCUT2D eigenvalue weighted by atomic mass is 79.9. The van der Waals surface area contributed by atoms with Crippen LogP contribution in [0.15, 0.2) is 53.0 Å². The first kappa shape index (κ1) is 15.5. The fourth-order valence-electron chi connectivity index (χ4n) is 1.61. The van der Waals surface area contributed by atoms with Crippen LogP contribution in [0.2, 0.25) is 0 Å². The minimum absolute atomic E-state index is 0.0890. The third-order valence-corrected chi connectivity index (χ3v) is 3.45. The van der Waals surface area contributed by atoms with E-state index >= 15 is 0 Å². The van der Waals surface area contributed by atoms with Gasteiger partial charge in [-0.15, -0.1) is 0 Å². The number of hydrogen-bond acceptors (Lipinski definition) is 3. The summed E-state index contributed by atoms with van der Waals surface area (Å²) in [5, 5.41) is 5.60. The van der Waals surface area contributed by atoms with Gasteiger partial charge in [0.05, 0.1) is 7.11 Å². The van der Waals surface area contributed by atoms with Crippen molar-refractivity contribution in [2.75, 3.05) is 17.7 Å². The van der Waals surface area contributed by atoms with Crippen molar-refractivity contribution in [1.82, 2.24) is 0 Å². The number of carbonyl (C=O) groups is 1. The summed E-state index contributed by atoms with van der Waals surface area (Å²) in [6, 6.07) is 14.5. The van der Waals surface area contributed by atoms with Crippen LogP contribution in [0.25, 0.3) is 0 Å². The molecule has 2 rings (SSSR count). The number of carbonyl (C=O) groups excluding carboxylic acids is 1. The Bertz CT molecular complexity index is 659. The fraction of sp³-hybridized carbons (Fsp3) is 0.0667. The van der Waals surface area contributed by atoms with Crippen molar-refractivity contribution in [3.05, 3.63) is 53.0 Å². The highest BCUT2D eigenvalue weighted by molar-refractivity contribution is 9.10. The second-order valence-electron chi connectivity index (χ2n) is 4.15. The van der Waals surface area contributed by atoms with Gasteiger partial charge in [-0.2, -0.15) is 0 Å². The molecular weight excluding hydrogens is 352 g/mol. The summed E-state index contributed by atoms with van der Waals surface area (Å²) in [6.07, 6.45) is 0. The van der Waals surface area contributed by atoms with Gasteiger partial charge in [-0.05, 0) is 36.4 Å². The van der Waals surface area contributed by atoms with Gasteiger partial charge in [-0.25, -0.2) is 0 Å². The Hall–Kier alpha value is -1.92. The highest BCUT2D eigenvalue weighted by Crippen LogP contribution is 2.17. The summed E-state index contributed by atoms with van der Waals surface area (Å²) < 4.78 is 6.06. The third-order valence-electron chi connectivity index (χ3n) is 2.64. The van der Waals surface area contributed by atoms with Crippen molar-refractivity contribution in [2.24, 2.45) is 0 Å². The van der Waals surface area contributed by atoms with E-state index in [1.165, 1.54) is 0 Å². The molecule has 0 aliphatic rings. The number of thiocarbonyl (C=S) groups is 1. The monoisotopic (exact) mass is 364 g/mol. The van der Waals surface area contributed by atoms with Gasteiger partial charge in [-0.1, -0.05) is 34.2 Å². The quantitative estimate of drug-likeness (QED) is 0.812. The van der Waals surface area contributed by atoms with Gasteiger partial charge in [-0.3, -0.25) is 4.79 Å². The number of hydrogen-bond donors (Lipinski definition) is 2. The van der Waals surface area contributed by atoms with Crippen LogP contribution in [0, 0.1) is 0 Å². The SMILES string of the molecule is COc1cccc(NC(=S)C(=O)Nc2ccc(Br)cc2)c1. The minimum Gasteiger partial charge on any atom is -0.497 e. The van der Waals surface area contributed by atoms with Gasteiger partial charge in [0.15, 0.2) is 4.99 Å². The van der Waals surface area contributed by atoms with Crippen molar-refractivity contribution in [1.29, 1.82) is 0 Å². The number of ether oxygens (including phenoxy) is 1. The molecule has 2 aromatic carbocycles. The maximum atomic E-state index is 12.0. The molecule has 21 heavy (non-hydrogen) atoms. The van der Waals surface area contributed by atoms with E-state index in [9.17, 15) is 4.79 Å². The summed E-state index contributed by atoms with van der Waals surface area (Å²) in [7, 11) is 1.58. The fourth-order valence-corrected chi connectivity index (χ4v) is 2.04. The van der Waals surface area contributed by atoms with E-state index in [0.717, 1.165) is 4.47 Å². The first-order chi connectivity index (χ1) is 10.1. The van der Waals surface area contributed by atoms with Gasteiger partial charge in [0.1, 0.15) is 5.75 Å². The Morgan fingerprint density at radius 1 is 1.10 bits per heavy atom. The van der Waals surface area contributed by atoms with Crippen LogP contribution in [0.3, 0.4) is 0 Å². The van der Waals surface area contributed by atoms with E-state index in [1.807, 2.05) is 30.3 Å². The predicted molar refractivity (Wildman–Crippen MR) is 92.0 cm³/mol. The number of amides is 1. The summed E-state index contributed by atoms with van der Waals surface area (Å²) in [6.45, 7) is 0. The molecule has 6 heteroatoms. The second kappa shape index (κ2) is 7.19. The minimum atomic E-state index is -0.366. The van der Waals surface area contributed by atoms with Gasteiger partial charge in [0.25, 0.3) is 5.91 Å². The Kier molecular flexibility index (Phi) is 5.30. The zero-order valence-electron chi connectivity index (χ0n) is 11.2. The molecule has 0 bridgehead atoms. The van der Waals surface area contributed by atoms with E-state index in [-0.39, 0.29) is 10.9 Å². The van der Waals surface area contributed by atoms with E-state index in [1.54, 1.807) is 25.3 Å². The Morgan fingerprint density at radius 3 is 2.48 bits per heavy atom. The lowest BCUT2D eigenvalue weighted by Crippen LogP contribution is -2.27. The number of nitrogens with one attached hydrogen (secondary N) is 2. The molecule has 0 saturated carbocycles. The zero-order chi connectivity index (χ0) is 15.2. The maximum absolute atomic E-state index is 12.0. The second-order valence-corrected chi connectivity index (χ2v) is 5.47. The van der Waals surface area contributed by atoms with Crippen LogP contribution in [0.5, 0.6) is 5.75 Å². The molecule has 0 aromatic heterocycles. The summed E-state index contributed by atoms with van der Waals surface area (Å²) in [5.41, 5.74) is 1.38. The van der Waals surface area contributed by atoms with E-state index in [0.29, 0.717) is 17.1 Å². The van der Waals surface area contributed by atoms with Crippen molar-refractivity contribution in [3.8, 4) is 5.75 Å². The Labute approximate surface area is 136 Å². The molecule has 0 aliphatic heterocycles. The van der Waals surface area contributed by atoms with Crippen LogP contribution in [0.1, 0.15) is 0 Å². The lowest BCUT2D eigenvalue weighted by Gasteiger charge is -2.10. The van der Waals surface area contributed by atoms with Crippen molar-refractivity contribution >= 4 is 50.4 Å². The molecule has 0 unspecified atom stereocenters. The molecule has 4 nitrogen and oxygen atoms in total. The number of halogens is 1. The Balaban J connectivity index is 1.99. The third kappa shape index (κ3) is 4.54. The molecular formula is C15H13BrN2O2S. The largest absolute Gasteiger partial charge is 0.497 e. The van der Waals surface area contributed by atoms with Crippen molar-refractivity contribution < 1.29 is 9.53 Å². The van der Waals surface area contributed by atoms with E-state index in [2.05, 4.69) is 26.6 Å². The molecule has 0 heterocycles. The van der Waals surface area contributed by atoms with Crippen LogP contribution >= 0.6 is 28.1 Å². The number of anilines is 2. The summed E-state index contributed by atoms with van der Waals surface area (Å²) in [4.78, 5) is 12.1. The van der Waals surface area contributed by atoms with E-state index in [4.69, 9.17) is 17.0 Å². The topological polar surface area (TPSA) is 50.4 Å². The highest BCUT2D eigenvalue weighted by Gasteiger charge is 2.10. The standard InChI is InChI=1S/C15H13BrN2O2S/c1-20-13-4-2-3-12(9-13)18-15(21)14(19)17-11-7-5-10(16)6-8-11/h2-9H,1H3,(H,17,19)(H,18,21). The Morgan fingerprint density at radius 2 is 1.81 bits per heavy atom.